The maximum Gasteiger partial charge on any atom is 0.230 e. The number of rotatable bonds is 8. The van der Waals surface area contributed by atoms with Crippen molar-refractivity contribution in [1.82, 2.24) is 10.3 Å². The van der Waals surface area contributed by atoms with Gasteiger partial charge in [0.25, 0.3) is 0 Å². The molecule has 1 amide bonds. The van der Waals surface area contributed by atoms with Gasteiger partial charge in [0.2, 0.25) is 5.91 Å². The number of nitrogens with one attached hydrogen (secondary N) is 2. The van der Waals surface area contributed by atoms with Gasteiger partial charge in [-0.1, -0.05) is 23.9 Å². The van der Waals surface area contributed by atoms with E-state index in [9.17, 15) is 15.3 Å². The number of ether oxygens (including phenoxy) is 1. The molecule has 0 bridgehead atoms. The molecule has 0 atom stereocenters. The average Bonchev–Trinajstić information content (AvgIpc) is 2.74. The molecule has 2 rings (SSSR count). The zero-order valence-corrected chi connectivity index (χ0v) is 16.3. The number of benzene rings is 1. The van der Waals surface area contributed by atoms with Crippen LogP contribution in [0.2, 0.25) is 0 Å². The van der Waals surface area contributed by atoms with Crippen LogP contribution in [0.1, 0.15) is 11.1 Å². The Bertz CT molecular complexity index is 933. The highest BCUT2D eigenvalue weighted by Gasteiger charge is 2.21. The molecule has 1 aromatic heterocycles. The predicted octanol–water partition coefficient (Wildman–Crippen LogP) is 1.74. The summed E-state index contributed by atoms with van der Waals surface area (Å²) < 4.78 is 5.35. The average molecular weight is 397 g/mol. The number of pyridine rings is 1. The number of anilines is 1. The Labute approximate surface area is 167 Å². The first-order chi connectivity index (χ1) is 13.6. The van der Waals surface area contributed by atoms with E-state index in [1.54, 1.807) is 31.3 Å². The first-order valence-corrected chi connectivity index (χ1v) is 9.31. The van der Waals surface area contributed by atoms with E-state index in [2.05, 4.69) is 27.8 Å². The summed E-state index contributed by atoms with van der Waals surface area (Å²) in [4.78, 5) is 16.0. The van der Waals surface area contributed by atoms with Gasteiger partial charge in [-0.2, -0.15) is 10.5 Å². The lowest BCUT2D eigenvalue weighted by Gasteiger charge is -2.15. The first-order valence-electron chi connectivity index (χ1n) is 8.33. The number of thioether (sulfide) groups is 1. The fraction of sp³-hybridized carbons (Fsp3) is 0.263. The van der Waals surface area contributed by atoms with Gasteiger partial charge in [0.15, 0.2) is 0 Å². The predicted molar refractivity (Wildman–Crippen MR) is 106 cm³/mol. The largest absolute Gasteiger partial charge is 0.491 e. The molecule has 0 aliphatic carbocycles. The summed E-state index contributed by atoms with van der Waals surface area (Å²) in [5, 5.41) is 34.0. The zero-order chi connectivity index (χ0) is 20.5. The van der Waals surface area contributed by atoms with E-state index < -0.39 is 0 Å². The molecule has 8 nitrogen and oxygen atoms in total. The Morgan fingerprint density at radius 2 is 1.89 bits per heavy atom. The number of carbonyl (C=O) groups excluding carboxylic acids is 1. The molecule has 0 fully saturated rings. The number of nitrogens with zero attached hydrogens (tertiary/aromatic N) is 3. The normalized spacial score (nSPS) is 9.89. The number of hydrogen-bond acceptors (Lipinski definition) is 8. The summed E-state index contributed by atoms with van der Waals surface area (Å²) in [6.07, 6.45) is 0. The second-order valence-corrected chi connectivity index (χ2v) is 6.39. The topological polar surface area (TPSA) is 131 Å². The van der Waals surface area contributed by atoms with Crippen molar-refractivity contribution in [2.45, 2.75) is 5.03 Å². The molecule has 1 aromatic carbocycles. The number of hydrogen-bond donors (Lipinski definition) is 3. The molecular weight excluding hydrogens is 378 g/mol. The standard InChI is InChI=1S/C19H19N5O3S/c1-22-16(26)11-28-19-15(10-21)17(14(9-20)18(23-2)24-19)12-3-5-13(6-4-12)27-8-7-25/h3-6,25H,7-8,11H2,1-2H3,(H,22,26)(H,23,24). The third kappa shape index (κ3) is 4.71. The van der Waals surface area contributed by atoms with E-state index in [1.807, 2.05) is 0 Å². The summed E-state index contributed by atoms with van der Waals surface area (Å²) in [7, 11) is 3.17. The van der Waals surface area contributed by atoms with E-state index in [0.29, 0.717) is 27.7 Å². The van der Waals surface area contributed by atoms with Gasteiger partial charge >= 0.3 is 0 Å². The molecule has 0 saturated carbocycles. The Hall–Kier alpha value is -3.27. The number of aliphatic hydroxyl groups excluding tert-OH is 1. The van der Waals surface area contributed by atoms with Crippen LogP contribution in [0, 0.1) is 22.7 Å². The molecule has 1 heterocycles. The summed E-state index contributed by atoms with van der Waals surface area (Å²) >= 11 is 1.13. The van der Waals surface area contributed by atoms with E-state index in [0.717, 1.165) is 11.8 Å². The number of aromatic nitrogens is 1. The second-order valence-electron chi connectivity index (χ2n) is 5.42. The van der Waals surface area contributed by atoms with Crippen molar-refractivity contribution >= 4 is 23.5 Å². The van der Waals surface area contributed by atoms with Crippen molar-refractivity contribution in [2.24, 2.45) is 0 Å². The minimum absolute atomic E-state index is 0.0965. The summed E-state index contributed by atoms with van der Waals surface area (Å²) in [6, 6.07) is 11.1. The molecule has 28 heavy (non-hydrogen) atoms. The highest BCUT2D eigenvalue weighted by molar-refractivity contribution is 8.00. The Balaban J connectivity index is 2.58. The van der Waals surface area contributed by atoms with Crippen LogP contribution in [0.15, 0.2) is 29.3 Å². The monoisotopic (exact) mass is 397 g/mol. The molecule has 0 aliphatic heterocycles. The SMILES string of the molecule is CNC(=O)CSc1nc(NC)c(C#N)c(-c2ccc(OCCO)cc2)c1C#N. The van der Waals surface area contributed by atoms with Crippen LogP contribution in [0.4, 0.5) is 5.82 Å². The number of carbonyl (C=O) groups is 1. The van der Waals surface area contributed by atoms with Crippen molar-refractivity contribution in [3.05, 3.63) is 35.4 Å². The molecule has 0 unspecified atom stereocenters. The Morgan fingerprint density at radius 1 is 1.21 bits per heavy atom. The lowest BCUT2D eigenvalue weighted by atomic mass is 9.96. The van der Waals surface area contributed by atoms with Crippen LogP contribution >= 0.6 is 11.8 Å². The van der Waals surface area contributed by atoms with Gasteiger partial charge in [0.05, 0.1) is 17.9 Å². The van der Waals surface area contributed by atoms with E-state index in [4.69, 9.17) is 9.84 Å². The molecular formula is C19H19N5O3S. The van der Waals surface area contributed by atoms with Crippen molar-refractivity contribution in [3.63, 3.8) is 0 Å². The Morgan fingerprint density at radius 3 is 2.43 bits per heavy atom. The summed E-state index contributed by atoms with van der Waals surface area (Å²) in [5.41, 5.74) is 1.56. The Kier molecular flexibility index (Phi) is 7.64. The molecule has 0 saturated heterocycles. The van der Waals surface area contributed by atoms with Gasteiger partial charge in [-0.3, -0.25) is 4.79 Å². The molecule has 9 heteroatoms. The number of aliphatic hydroxyl groups is 1. The smallest absolute Gasteiger partial charge is 0.230 e. The van der Waals surface area contributed by atoms with Gasteiger partial charge in [0.1, 0.15) is 40.9 Å². The fourth-order valence-corrected chi connectivity index (χ4v) is 3.30. The summed E-state index contributed by atoms with van der Waals surface area (Å²) in [6.45, 7) is 0.0758. The van der Waals surface area contributed by atoms with Crippen LogP contribution in [-0.2, 0) is 4.79 Å². The number of nitriles is 2. The minimum Gasteiger partial charge on any atom is -0.491 e. The molecule has 2 aromatic rings. The van der Waals surface area contributed by atoms with Crippen LogP contribution in [-0.4, -0.2) is 49.1 Å². The van der Waals surface area contributed by atoms with Crippen LogP contribution in [0.3, 0.4) is 0 Å². The maximum atomic E-state index is 11.6. The van der Waals surface area contributed by atoms with Gasteiger partial charge in [-0.25, -0.2) is 4.98 Å². The van der Waals surface area contributed by atoms with Crippen LogP contribution in [0.25, 0.3) is 11.1 Å². The third-order valence-electron chi connectivity index (χ3n) is 3.75. The number of amides is 1. The van der Waals surface area contributed by atoms with Gasteiger partial charge in [-0.05, 0) is 17.7 Å². The molecule has 0 aliphatic rings. The quantitative estimate of drug-likeness (QED) is 0.574. The molecule has 3 N–H and O–H groups in total. The van der Waals surface area contributed by atoms with Crippen molar-refractivity contribution in [2.75, 3.05) is 38.4 Å². The lowest BCUT2D eigenvalue weighted by Crippen LogP contribution is -2.20. The summed E-state index contributed by atoms with van der Waals surface area (Å²) in [5.74, 6) is 0.794. The van der Waals surface area contributed by atoms with Crippen LogP contribution in [0.5, 0.6) is 5.75 Å². The van der Waals surface area contributed by atoms with Crippen LogP contribution < -0.4 is 15.4 Å². The first kappa shape index (κ1) is 21.0. The third-order valence-corrected chi connectivity index (χ3v) is 4.72. The van der Waals surface area contributed by atoms with Crippen molar-refractivity contribution < 1.29 is 14.6 Å². The minimum atomic E-state index is -0.196. The highest BCUT2D eigenvalue weighted by Crippen LogP contribution is 2.36. The highest BCUT2D eigenvalue weighted by atomic mass is 32.2. The second kappa shape index (κ2) is 10.2. The van der Waals surface area contributed by atoms with Crippen molar-refractivity contribution in [3.8, 4) is 29.0 Å². The molecule has 0 spiro atoms. The fourth-order valence-electron chi connectivity index (χ4n) is 2.44. The van der Waals surface area contributed by atoms with E-state index in [-0.39, 0.29) is 36.0 Å². The molecule has 0 radical (unpaired) electrons. The van der Waals surface area contributed by atoms with Crippen molar-refractivity contribution in [1.29, 1.82) is 10.5 Å². The van der Waals surface area contributed by atoms with E-state index >= 15 is 0 Å². The molecule has 144 valence electrons. The van der Waals surface area contributed by atoms with Gasteiger partial charge in [0, 0.05) is 19.7 Å². The van der Waals surface area contributed by atoms with Gasteiger partial charge < -0.3 is 20.5 Å². The van der Waals surface area contributed by atoms with Gasteiger partial charge in [-0.15, -0.1) is 0 Å². The maximum absolute atomic E-state index is 11.6. The van der Waals surface area contributed by atoms with E-state index in [1.165, 1.54) is 7.05 Å². The zero-order valence-electron chi connectivity index (χ0n) is 15.4. The lowest BCUT2D eigenvalue weighted by molar-refractivity contribution is -0.118.